The molecule has 2 rings (SSSR count). The molecule has 1 aromatic carbocycles. The topological polar surface area (TPSA) is 46.3 Å². The molecule has 2 unspecified atom stereocenters. The highest BCUT2D eigenvalue weighted by Crippen LogP contribution is 2.49. The van der Waals surface area contributed by atoms with Crippen molar-refractivity contribution in [3.63, 3.8) is 0 Å². The number of hydrogen-bond donors (Lipinski definition) is 1. The largest absolute Gasteiger partial charge is 0.416 e. The van der Waals surface area contributed by atoms with Crippen LogP contribution in [0, 0.1) is 11.3 Å². The molecule has 7 heteroatoms. The summed E-state index contributed by atoms with van der Waals surface area (Å²) in [5.41, 5.74) is 5.43. The Bertz CT molecular complexity index is 589. The molecule has 1 aliphatic rings. The van der Waals surface area contributed by atoms with Crippen molar-refractivity contribution in [2.24, 2.45) is 17.1 Å². The van der Waals surface area contributed by atoms with Gasteiger partial charge < -0.3 is 10.6 Å². The summed E-state index contributed by atoms with van der Waals surface area (Å²) in [6.45, 7) is 4.96. The minimum Gasteiger partial charge on any atom is -0.345 e. The second-order valence-electron chi connectivity index (χ2n) is 7.13. The first kappa shape index (κ1) is 20.8. The molecule has 3 nitrogen and oxygen atoms in total. The Kier molecular flexibility index (Phi) is 6.33. The minimum atomic E-state index is -4.35. The lowest BCUT2D eigenvalue weighted by Crippen LogP contribution is -2.40. The zero-order valence-corrected chi connectivity index (χ0v) is 14.9. The molecule has 1 saturated carbocycles. The van der Waals surface area contributed by atoms with Crippen molar-refractivity contribution >= 4 is 18.3 Å². The summed E-state index contributed by atoms with van der Waals surface area (Å²) < 4.78 is 38.3. The predicted octanol–water partition coefficient (Wildman–Crippen LogP) is 3.67. The second-order valence-corrected chi connectivity index (χ2v) is 7.13. The molecule has 0 radical (unpaired) electrons. The highest BCUT2D eigenvalue weighted by molar-refractivity contribution is 5.85. The van der Waals surface area contributed by atoms with Crippen LogP contribution in [0.2, 0.25) is 0 Å². The molecule has 24 heavy (non-hydrogen) atoms. The fourth-order valence-corrected chi connectivity index (χ4v) is 2.85. The SMILES string of the molecule is CN(CC(C)(C)CN)C(=O)C1CC1c1cccc(C(F)(F)F)c1.Cl. The first-order valence-electron chi connectivity index (χ1n) is 7.67. The van der Waals surface area contributed by atoms with Crippen LogP contribution in [0.25, 0.3) is 0 Å². The van der Waals surface area contributed by atoms with Crippen LogP contribution in [0.15, 0.2) is 24.3 Å². The van der Waals surface area contributed by atoms with E-state index in [4.69, 9.17) is 5.73 Å². The molecule has 136 valence electrons. The van der Waals surface area contributed by atoms with Crippen LogP contribution in [0.4, 0.5) is 13.2 Å². The minimum absolute atomic E-state index is 0. The van der Waals surface area contributed by atoms with E-state index in [0.717, 1.165) is 12.1 Å². The summed E-state index contributed by atoms with van der Waals surface area (Å²) in [4.78, 5) is 14.1. The number of nitrogens with zero attached hydrogens (tertiary/aromatic N) is 1. The third kappa shape index (κ3) is 4.86. The quantitative estimate of drug-likeness (QED) is 0.866. The van der Waals surface area contributed by atoms with E-state index in [2.05, 4.69) is 0 Å². The third-order valence-corrected chi connectivity index (χ3v) is 4.34. The van der Waals surface area contributed by atoms with Gasteiger partial charge in [0.2, 0.25) is 5.91 Å². The lowest BCUT2D eigenvalue weighted by molar-refractivity contribution is -0.137. The third-order valence-electron chi connectivity index (χ3n) is 4.34. The monoisotopic (exact) mass is 364 g/mol. The number of nitrogens with two attached hydrogens (primary N) is 1. The van der Waals surface area contributed by atoms with Gasteiger partial charge in [0.15, 0.2) is 0 Å². The van der Waals surface area contributed by atoms with E-state index < -0.39 is 11.7 Å². The van der Waals surface area contributed by atoms with Crippen molar-refractivity contribution in [3.8, 4) is 0 Å². The average Bonchev–Trinajstić information content (AvgIpc) is 3.25. The van der Waals surface area contributed by atoms with Crippen molar-refractivity contribution in [1.29, 1.82) is 0 Å². The molecule has 0 bridgehead atoms. The molecule has 1 aliphatic carbocycles. The Morgan fingerprint density at radius 2 is 1.96 bits per heavy atom. The standard InChI is InChI=1S/C17H23F3N2O.ClH/c1-16(2,9-21)10-22(3)15(23)14-8-13(14)11-5-4-6-12(7-11)17(18,19)20;/h4-7,13-14H,8-10,21H2,1-3H3;1H. The van der Waals surface area contributed by atoms with Gasteiger partial charge in [-0.1, -0.05) is 32.0 Å². The Labute approximate surface area is 146 Å². The van der Waals surface area contributed by atoms with E-state index in [1.54, 1.807) is 18.0 Å². The average molecular weight is 365 g/mol. The zero-order valence-electron chi connectivity index (χ0n) is 14.1. The van der Waals surface area contributed by atoms with Gasteiger partial charge in [-0.05, 0) is 35.9 Å². The van der Waals surface area contributed by atoms with E-state index in [-0.39, 0.29) is 35.6 Å². The summed E-state index contributed by atoms with van der Waals surface area (Å²) in [6, 6.07) is 5.27. The molecule has 0 aliphatic heterocycles. The van der Waals surface area contributed by atoms with Crippen LogP contribution < -0.4 is 5.73 Å². The maximum absolute atomic E-state index is 12.8. The lowest BCUT2D eigenvalue weighted by atomic mass is 9.93. The Hall–Kier alpha value is -1.27. The number of benzene rings is 1. The summed E-state index contributed by atoms with van der Waals surface area (Å²) in [5.74, 6) is -0.362. The van der Waals surface area contributed by atoms with E-state index in [1.165, 1.54) is 6.07 Å². The number of carbonyl (C=O) groups is 1. The van der Waals surface area contributed by atoms with E-state index in [0.29, 0.717) is 25.1 Å². The molecule has 0 saturated heterocycles. The van der Waals surface area contributed by atoms with Gasteiger partial charge in [0, 0.05) is 19.5 Å². The molecular formula is C17H24ClF3N2O. The van der Waals surface area contributed by atoms with Crippen LogP contribution in [-0.2, 0) is 11.0 Å². The van der Waals surface area contributed by atoms with Crippen LogP contribution >= 0.6 is 12.4 Å². The first-order chi connectivity index (χ1) is 10.5. The number of amides is 1. The van der Waals surface area contributed by atoms with Crippen LogP contribution in [-0.4, -0.2) is 30.9 Å². The Morgan fingerprint density at radius 1 is 1.33 bits per heavy atom. The fraction of sp³-hybridized carbons (Fsp3) is 0.588. The fourth-order valence-electron chi connectivity index (χ4n) is 2.85. The number of alkyl halides is 3. The Morgan fingerprint density at radius 3 is 2.50 bits per heavy atom. The van der Waals surface area contributed by atoms with Crippen molar-refractivity contribution in [3.05, 3.63) is 35.4 Å². The van der Waals surface area contributed by atoms with Crippen molar-refractivity contribution in [1.82, 2.24) is 4.90 Å². The van der Waals surface area contributed by atoms with Gasteiger partial charge in [-0.3, -0.25) is 4.79 Å². The predicted molar refractivity (Wildman–Crippen MR) is 90.0 cm³/mol. The van der Waals surface area contributed by atoms with Gasteiger partial charge in [-0.15, -0.1) is 12.4 Å². The van der Waals surface area contributed by atoms with E-state index in [1.807, 2.05) is 13.8 Å². The maximum atomic E-state index is 12.8. The highest BCUT2D eigenvalue weighted by Gasteiger charge is 2.46. The number of halogens is 4. The van der Waals surface area contributed by atoms with Gasteiger partial charge in [-0.2, -0.15) is 13.2 Å². The summed E-state index contributed by atoms with van der Waals surface area (Å²) in [6.07, 6.45) is -3.75. The van der Waals surface area contributed by atoms with Gasteiger partial charge in [0.25, 0.3) is 0 Å². The molecular weight excluding hydrogens is 341 g/mol. The highest BCUT2D eigenvalue weighted by atomic mass is 35.5. The summed E-state index contributed by atoms with van der Waals surface area (Å²) in [5, 5.41) is 0. The van der Waals surface area contributed by atoms with Gasteiger partial charge in [0.05, 0.1) is 5.56 Å². The molecule has 1 fully saturated rings. The van der Waals surface area contributed by atoms with Gasteiger partial charge in [0.1, 0.15) is 0 Å². The van der Waals surface area contributed by atoms with Crippen LogP contribution in [0.1, 0.15) is 37.3 Å². The van der Waals surface area contributed by atoms with Crippen LogP contribution in [0.3, 0.4) is 0 Å². The number of rotatable bonds is 5. The smallest absolute Gasteiger partial charge is 0.345 e. The molecule has 0 spiro atoms. The zero-order chi connectivity index (χ0) is 17.4. The molecule has 0 aromatic heterocycles. The Balaban J connectivity index is 0.00000288. The lowest BCUT2D eigenvalue weighted by Gasteiger charge is -2.29. The van der Waals surface area contributed by atoms with E-state index >= 15 is 0 Å². The molecule has 2 N–H and O–H groups in total. The van der Waals surface area contributed by atoms with Gasteiger partial charge >= 0.3 is 6.18 Å². The second kappa shape index (κ2) is 7.31. The molecule has 0 heterocycles. The summed E-state index contributed by atoms with van der Waals surface area (Å²) >= 11 is 0. The van der Waals surface area contributed by atoms with Crippen molar-refractivity contribution in [2.45, 2.75) is 32.4 Å². The van der Waals surface area contributed by atoms with Crippen LogP contribution in [0.5, 0.6) is 0 Å². The van der Waals surface area contributed by atoms with Crippen molar-refractivity contribution in [2.75, 3.05) is 20.1 Å². The van der Waals surface area contributed by atoms with E-state index in [9.17, 15) is 18.0 Å². The molecule has 1 aromatic rings. The van der Waals surface area contributed by atoms with Gasteiger partial charge in [-0.25, -0.2) is 0 Å². The molecule has 2 atom stereocenters. The number of carbonyl (C=O) groups excluding carboxylic acids is 1. The molecule has 1 amide bonds. The normalized spacial score (nSPS) is 20.3. The summed E-state index contributed by atoms with van der Waals surface area (Å²) in [7, 11) is 1.72. The number of hydrogen-bond acceptors (Lipinski definition) is 2. The first-order valence-corrected chi connectivity index (χ1v) is 7.67. The van der Waals surface area contributed by atoms with Crippen molar-refractivity contribution < 1.29 is 18.0 Å². The maximum Gasteiger partial charge on any atom is 0.416 e.